The van der Waals surface area contributed by atoms with Gasteiger partial charge in [0.15, 0.2) is 0 Å². The number of amides is 1. The fourth-order valence-corrected chi connectivity index (χ4v) is 3.35. The number of hydrogen-bond acceptors (Lipinski definition) is 4. The van der Waals surface area contributed by atoms with Crippen LogP contribution in [0.2, 0.25) is 0 Å². The Morgan fingerprint density at radius 1 is 1.12 bits per heavy atom. The van der Waals surface area contributed by atoms with Crippen molar-refractivity contribution >= 4 is 17.2 Å². The molecule has 0 spiro atoms. The third-order valence-corrected chi connectivity index (χ3v) is 4.93. The predicted octanol–water partition coefficient (Wildman–Crippen LogP) is 4.52. The lowest BCUT2D eigenvalue weighted by molar-refractivity contribution is 0.0943. The molecule has 0 radical (unpaired) electrons. The SMILES string of the molecule is Cc1nc(COc2ccccc2)sc1C(=O)NC(C)c1ccccc1. The molecule has 0 aliphatic carbocycles. The van der Waals surface area contributed by atoms with E-state index in [0.29, 0.717) is 11.5 Å². The van der Waals surface area contributed by atoms with Crippen molar-refractivity contribution in [2.75, 3.05) is 0 Å². The first-order valence-electron chi connectivity index (χ1n) is 8.13. The molecular formula is C20H20N2O2S. The minimum atomic E-state index is -0.0997. The fraction of sp³-hybridized carbons (Fsp3) is 0.200. The van der Waals surface area contributed by atoms with Gasteiger partial charge in [0.25, 0.3) is 5.91 Å². The first-order valence-corrected chi connectivity index (χ1v) is 8.95. The van der Waals surface area contributed by atoms with Crippen molar-refractivity contribution in [1.29, 1.82) is 0 Å². The van der Waals surface area contributed by atoms with Crippen LogP contribution in [0, 0.1) is 6.92 Å². The average Bonchev–Trinajstić information content (AvgIpc) is 3.02. The summed E-state index contributed by atoms with van der Waals surface area (Å²) in [5, 5.41) is 3.82. The summed E-state index contributed by atoms with van der Waals surface area (Å²) in [6.45, 7) is 4.19. The molecule has 1 aromatic heterocycles. The largest absolute Gasteiger partial charge is 0.486 e. The highest BCUT2D eigenvalue weighted by Gasteiger charge is 2.18. The van der Waals surface area contributed by atoms with Gasteiger partial charge in [-0.1, -0.05) is 48.5 Å². The second kappa shape index (κ2) is 7.94. The first-order chi connectivity index (χ1) is 12.1. The molecule has 3 aromatic rings. The molecule has 1 atom stereocenters. The highest BCUT2D eigenvalue weighted by Crippen LogP contribution is 2.21. The van der Waals surface area contributed by atoms with E-state index in [1.807, 2.05) is 74.5 Å². The summed E-state index contributed by atoms with van der Waals surface area (Å²) in [5.74, 6) is 0.691. The minimum absolute atomic E-state index is 0.0563. The molecule has 0 aliphatic heterocycles. The van der Waals surface area contributed by atoms with E-state index < -0.39 is 0 Å². The van der Waals surface area contributed by atoms with Gasteiger partial charge in [0.1, 0.15) is 22.2 Å². The number of carbonyl (C=O) groups excluding carboxylic acids is 1. The van der Waals surface area contributed by atoms with E-state index in [4.69, 9.17) is 4.74 Å². The van der Waals surface area contributed by atoms with Crippen molar-refractivity contribution in [3.8, 4) is 5.75 Å². The molecule has 128 valence electrons. The quantitative estimate of drug-likeness (QED) is 0.709. The molecule has 0 bridgehead atoms. The summed E-state index contributed by atoms with van der Waals surface area (Å²) in [5.41, 5.74) is 1.81. The predicted molar refractivity (Wildman–Crippen MR) is 99.9 cm³/mol. The Labute approximate surface area is 151 Å². The average molecular weight is 352 g/mol. The zero-order valence-electron chi connectivity index (χ0n) is 14.2. The molecular weight excluding hydrogens is 332 g/mol. The van der Waals surface area contributed by atoms with E-state index in [-0.39, 0.29) is 11.9 Å². The Bertz CT molecular complexity index is 831. The number of carbonyl (C=O) groups is 1. The second-order valence-electron chi connectivity index (χ2n) is 5.73. The number of para-hydroxylation sites is 1. The molecule has 1 unspecified atom stereocenters. The lowest BCUT2D eigenvalue weighted by Crippen LogP contribution is -2.26. The van der Waals surface area contributed by atoms with Gasteiger partial charge in [0.2, 0.25) is 0 Å². The summed E-state index contributed by atoms with van der Waals surface area (Å²) in [4.78, 5) is 17.6. The maximum absolute atomic E-state index is 12.6. The van der Waals surface area contributed by atoms with Crippen LogP contribution >= 0.6 is 11.3 Å². The Balaban J connectivity index is 1.64. The van der Waals surface area contributed by atoms with E-state index >= 15 is 0 Å². The van der Waals surface area contributed by atoms with Crippen LogP contribution in [0.1, 0.15) is 38.9 Å². The summed E-state index contributed by atoms with van der Waals surface area (Å²) >= 11 is 1.38. The van der Waals surface area contributed by atoms with Crippen molar-refractivity contribution in [2.45, 2.75) is 26.5 Å². The molecule has 25 heavy (non-hydrogen) atoms. The van der Waals surface area contributed by atoms with Crippen LogP contribution in [0.4, 0.5) is 0 Å². The van der Waals surface area contributed by atoms with Crippen LogP contribution in [-0.2, 0) is 6.61 Å². The molecule has 1 N–H and O–H groups in total. The number of rotatable bonds is 6. The van der Waals surface area contributed by atoms with Crippen molar-refractivity contribution in [3.63, 3.8) is 0 Å². The van der Waals surface area contributed by atoms with Crippen molar-refractivity contribution < 1.29 is 9.53 Å². The Kier molecular flexibility index (Phi) is 5.46. The van der Waals surface area contributed by atoms with Gasteiger partial charge < -0.3 is 10.1 Å². The van der Waals surface area contributed by atoms with E-state index in [9.17, 15) is 4.79 Å². The summed E-state index contributed by atoms with van der Waals surface area (Å²) in [7, 11) is 0. The van der Waals surface area contributed by atoms with Gasteiger partial charge in [-0.05, 0) is 31.5 Å². The zero-order chi connectivity index (χ0) is 17.6. The number of ether oxygens (including phenoxy) is 1. The van der Waals surface area contributed by atoms with Crippen LogP contribution in [0.15, 0.2) is 60.7 Å². The number of thiazole rings is 1. The van der Waals surface area contributed by atoms with Gasteiger partial charge in [-0.3, -0.25) is 4.79 Å². The molecule has 0 saturated carbocycles. The fourth-order valence-electron chi connectivity index (χ4n) is 2.47. The van der Waals surface area contributed by atoms with Crippen molar-refractivity contribution in [2.24, 2.45) is 0 Å². The summed E-state index contributed by atoms with van der Waals surface area (Å²) in [6, 6.07) is 19.4. The van der Waals surface area contributed by atoms with Gasteiger partial charge in [-0.2, -0.15) is 0 Å². The van der Waals surface area contributed by atoms with Crippen LogP contribution in [-0.4, -0.2) is 10.9 Å². The van der Waals surface area contributed by atoms with Gasteiger partial charge in [0.05, 0.1) is 11.7 Å². The third-order valence-electron chi connectivity index (χ3n) is 3.80. The lowest BCUT2D eigenvalue weighted by atomic mass is 10.1. The van der Waals surface area contributed by atoms with Gasteiger partial charge in [-0.15, -0.1) is 11.3 Å². The standard InChI is InChI=1S/C20H20N2O2S/c1-14(16-9-5-3-6-10-16)22-20(23)19-15(2)21-18(25-19)13-24-17-11-7-4-8-12-17/h3-12,14H,13H2,1-2H3,(H,22,23). The number of nitrogens with one attached hydrogen (secondary N) is 1. The van der Waals surface area contributed by atoms with Crippen LogP contribution in [0.3, 0.4) is 0 Å². The molecule has 1 amide bonds. The maximum Gasteiger partial charge on any atom is 0.263 e. The second-order valence-corrected chi connectivity index (χ2v) is 6.81. The van der Waals surface area contributed by atoms with Crippen molar-refractivity contribution in [3.05, 3.63) is 81.8 Å². The molecule has 5 heteroatoms. The minimum Gasteiger partial charge on any atom is -0.486 e. The summed E-state index contributed by atoms with van der Waals surface area (Å²) < 4.78 is 5.71. The number of hydrogen-bond donors (Lipinski definition) is 1. The van der Waals surface area contributed by atoms with Crippen LogP contribution < -0.4 is 10.1 Å². The molecule has 1 heterocycles. The van der Waals surface area contributed by atoms with Gasteiger partial charge in [-0.25, -0.2) is 4.98 Å². The molecule has 0 aliphatic rings. The maximum atomic E-state index is 12.6. The van der Waals surface area contributed by atoms with Crippen LogP contribution in [0.25, 0.3) is 0 Å². The van der Waals surface area contributed by atoms with Crippen molar-refractivity contribution in [1.82, 2.24) is 10.3 Å². The number of nitrogens with zero attached hydrogens (tertiary/aromatic N) is 1. The van der Waals surface area contributed by atoms with E-state index in [0.717, 1.165) is 22.0 Å². The van der Waals surface area contributed by atoms with E-state index in [2.05, 4.69) is 10.3 Å². The summed E-state index contributed by atoms with van der Waals surface area (Å²) in [6.07, 6.45) is 0. The Hall–Kier alpha value is -2.66. The van der Waals surface area contributed by atoms with Crippen LogP contribution in [0.5, 0.6) is 5.75 Å². The molecule has 4 nitrogen and oxygen atoms in total. The third kappa shape index (κ3) is 4.45. The molecule has 0 saturated heterocycles. The van der Waals surface area contributed by atoms with Gasteiger partial charge >= 0.3 is 0 Å². The number of aromatic nitrogens is 1. The van der Waals surface area contributed by atoms with E-state index in [1.165, 1.54) is 11.3 Å². The van der Waals surface area contributed by atoms with E-state index in [1.54, 1.807) is 0 Å². The highest BCUT2D eigenvalue weighted by atomic mass is 32.1. The number of benzene rings is 2. The molecule has 0 fully saturated rings. The Morgan fingerprint density at radius 2 is 1.76 bits per heavy atom. The first kappa shape index (κ1) is 17.2. The molecule has 3 rings (SSSR count). The monoisotopic (exact) mass is 352 g/mol. The normalized spacial score (nSPS) is 11.8. The lowest BCUT2D eigenvalue weighted by Gasteiger charge is -2.13. The highest BCUT2D eigenvalue weighted by molar-refractivity contribution is 7.13. The molecule has 2 aromatic carbocycles. The number of aryl methyl sites for hydroxylation is 1. The topological polar surface area (TPSA) is 51.2 Å². The van der Waals surface area contributed by atoms with Gasteiger partial charge in [0, 0.05) is 0 Å². The Morgan fingerprint density at radius 3 is 2.44 bits per heavy atom. The zero-order valence-corrected chi connectivity index (χ0v) is 15.0. The smallest absolute Gasteiger partial charge is 0.263 e.